The Kier molecular flexibility index (Phi) is 5.89. The van der Waals surface area contributed by atoms with Gasteiger partial charge in [0.1, 0.15) is 4.70 Å². The number of amides is 1. The number of thioether (sulfide) groups is 1. The fourth-order valence-electron chi connectivity index (χ4n) is 3.17. The predicted molar refractivity (Wildman–Crippen MR) is 125 cm³/mol. The van der Waals surface area contributed by atoms with Crippen LogP contribution in [0.25, 0.3) is 15.9 Å². The summed E-state index contributed by atoms with van der Waals surface area (Å²) in [6, 6.07) is 16.4. The molecule has 2 heterocycles. The lowest BCUT2D eigenvalue weighted by atomic mass is 10.1. The van der Waals surface area contributed by atoms with Gasteiger partial charge in [0.15, 0.2) is 5.16 Å². The average Bonchev–Trinajstić information content (AvgIpc) is 3.24. The number of hydrogen-bond acceptors (Lipinski definition) is 6. The molecule has 0 fully saturated rings. The highest BCUT2D eigenvalue weighted by atomic mass is 32.2. The van der Waals surface area contributed by atoms with Crippen molar-refractivity contribution in [3.63, 3.8) is 0 Å². The minimum absolute atomic E-state index is 0.0731. The minimum Gasteiger partial charge on any atom is -0.325 e. The standard InChI is InChI=1S/C23H18N4O2S2/c1-14-5-3-8-19(15(14)2)27-22(29)21-18(9-10-30-21)26-23(27)31-13-20(28)25-17-7-4-6-16(11-17)12-24/h3-11H,13H2,1-2H3,(H,25,28). The summed E-state index contributed by atoms with van der Waals surface area (Å²) < 4.78 is 2.18. The summed E-state index contributed by atoms with van der Waals surface area (Å²) in [5.41, 5.74) is 4.33. The van der Waals surface area contributed by atoms with Gasteiger partial charge in [-0.3, -0.25) is 14.2 Å². The maximum atomic E-state index is 13.3. The van der Waals surface area contributed by atoms with E-state index in [4.69, 9.17) is 5.26 Å². The van der Waals surface area contributed by atoms with Crippen molar-refractivity contribution in [1.29, 1.82) is 5.26 Å². The van der Waals surface area contributed by atoms with Gasteiger partial charge in [-0.1, -0.05) is 30.0 Å². The van der Waals surface area contributed by atoms with Crippen molar-refractivity contribution < 1.29 is 4.79 Å². The van der Waals surface area contributed by atoms with Gasteiger partial charge in [-0.05, 0) is 60.7 Å². The molecule has 31 heavy (non-hydrogen) atoms. The number of hydrogen-bond donors (Lipinski definition) is 1. The largest absolute Gasteiger partial charge is 0.325 e. The minimum atomic E-state index is -0.243. The third kappa shape index (κ3) is 4.24. The quantitative estimate of drug-likeness (QED) is 0.356. The van der Waals surface area contributed by atoms with Gasteiger partial charge in [-0.2, -0.15) is 5.26 Å². The SMILES string of the molecule is Cc1cccc(-n2c(SCC(=O)Nc3cccc(C#N)c3)nc3ccsc3c2=O)c1C. The molecule has 2 aromatic heterocycles. The average molecular weight is 447 g/mol. The first-order valence-corrected chi connectivity index (χ1v) is 11.3. The fraction of sp³-hybridized carbons (Fsp3) is 0.130. The normalized spacial score (nSPS) is 10.7. The number of benzene rings is 2. The molecule has 1 N–H and O–H groups in total. The zero-order valence-electron chi connectivity index (χ0n) is 16.9. The Hall–Kier alpha value is -3.41. The zero-order chi connectivity index (χ0) is 22.0. The van der Waals surface area contributed by atoms with E-state index in [9.17, 15) is 9.59 Å². The molecular weight excluding hydrogens is 428 g/mol. The van der Waals surface area contributed by atoms with Crippen LogP contribution in [0.4, 0.5) is 5.69 Å². The summed E-state index contributed by atoms with van der Waals surface area (Å²) in [6.07, 6.45) is 0. The van der Waals surface area contributed by atoms with Crippen LogP contribution in [0.1, 0.15) is 16.7 Å². The van der Waals surface area contributed by atoms with Crippen molar-refractivity contribution in [1.82, 2.24) is 9.55 Å². The van der Waals surface area contributed by atoms with E-state index in [1.54, 1.807) is 28.8 Å². The lowest BCUT2D eigenvalue weighted by Gasteiger charge is -2.15. The molecule has 0 saturated heterocycles. The van der Waals surface area contributed by atoms with Gasteiger partial charge in [-0.15, -0.1) is 11.3 Å². The monoisotopic (exact) mass is 446 g/mol. The lowest BCUT2D eigenvalue weighted by Crippen LogP contribution is -2.23. The van der Waals surface area contributed by atoms with Gasteiger partial charge in [0.25, 0.3) is 5.56 Å². The molecule has 1 amide bonds. The summed E-state index contributed by atoms with van der Waals surface area (Å²) >= 11 is 2.57. The Labute approximate surface area is 187 Å². The van der Waals surface area contributed by atoms with Gasteiger partial charge in [-0.25, -0.2) is 4.98 Å². The van der Waals surface area contributed by atoms with Gasteiger partial charge in [0.2, 0.25) is 5.91 Å². The molecule has 0 radical (unpaired) electrons. The number of aryl methyl sites for hydroxylation is 1. The van der Waals surface area contributed by atoms with E-state index in [1.807, 2.05) is 43.5 Å². The second kappa shape index (κ2) is 8.76. The molecule has 0 spiro atoms. The first-order chi connectivity index (χ1) is 15.0. The van der Waals surface area contributed by atoms with Crippen LogP contribution >= 0.6 is 23.1 Å². The molecule has 0 bridgehead atoms. The second-order valence-electron chi connectivity index (χ2n) is 6.92. The molecule has 0 aliphatic rings. The second-order valence-corrected chi connectivity index (χ2v) is 8.78. The Morgan fingerprint density at radius 1 is 1.23 bits per heavy atom. The molecule has 4 aromatic rings. The van der Waals surface area contributed by atoms with Crippen LogP contribution in [0.15, 0.2) is 63.9 Å². The Balaban J connectivity index is 1.67. The van der Waals surface area contributed by atoms with Crippen molar-refractivity contribution in [2.45, 2.75) is 19.0 Å². The van der Waals surface area contributed by atoms with Gasteiger partial charge in [0.05, 0.1) is 28.6 Å². The van der Waals surface area contributed by atoms with Crippen molar-refractivity contribution >= 4 is 44.9 Å². The summed E-state index contributed by atoms with van der Waals surface area (Å²) in [4.78, 5) is 30.5. The molecule has 6 nitrogen and oxygen atoms in total. The molecule has 4 rings (SSSR count). The van der Waals surface area contributed by atoms with E-state index in [0.29, 0.717) is 26.6 Å². The van der Waals surface area contributed by atoms with Crippen molar-refractivity contribution in [2.24, 2.45) is 0 Å². The van der Waals surface area contributed by atoms with Crippen LogP contribution in [0.3, 0.4) is 0 Å². The molecular formula is C23H18N4O2S2. The molecule has 154 valence electrons. The summed E-state index contributed by atoms with van der Waals surface area (Å²) in [6.45, 7) is 3.97. The molecule has 0 saturated carbocycles. The van der Waals surface area contributed by atoms with Crippen molar-refractivity contribution in [3.05, 3.63) is 81.0 Å². The predicted octanol–water partition coefficient (Wildman–Crippen LogP) is 4.67. The van der Waals surface area contributed by atoms with Crippen LogP contribution in [0.2, 0.25) is 0 Å². The highest BCUT2D eigenvalue weighted by Gasteiger charge is 2.17. The van der Waals surface area contributed by atoms with Crippen LogP contribution in [0, 0.1) is 25.2 Å². The van der Waals surface area contributed by atoms with Gasteiger partial charge >= 0.3 is 0 Å². The number of rotatable bonds is 5. The number of carbonyl (C=O) groups is 1. The smallest absolute Gasteiger partial charge is 0.276 e. The number of nitrogens with one attached hydrogen (secondary N) is 1. The number of aromatic nitrogens is 2. The molecule has 0 aliphatic heterocycles. The van der Waals surface area contributed by atoms with E-state index in [2.05, 4.69) is 16.4 Å². The summed E-state index contributed by atoms with van der Waals surface area (Å²) in [5.74, 6) is -0.170. The van der Waals surface area contributed by atoms with Crippen LogP contribution < -0.4 is 10.9 Å². The molecule has 0 aliphatic carbocycles. The molecule has 2 aromatic carbocycles. The van der Waals surface area contributed by atoms with Crippen LogP contribution in [0.5, 0.6) is 0 Å². The van der Waals surface area contributed by atoms with Gasteiger partial charge < -0.3 is 5.32 Å². The first kappa shape index (κ1) is 20.8. The maximum absolute atomic E-state index is 13.3. The third-order valence-electron chi connectivity index (χ3n) is 4.87. The number of thiophene rings is 1. The number of nitriles is 1. The topological polar surface area (TPSA) is 87.8 Å². The third-order valence-corrected chi connectivity index (χ3v) is 6.70. The highest BCUT2D eigenvalue weighted by molar-refractivity contribution is 7.99. The number of anilines is 1. The summed E-state index contributed by atoms with van der Waals surface area (Å²) in [5, 5.41) is 14.1. The Morgan fingerprint density at radius 2 is 2.03 bits per heavy atom. The van der Waals surface area contributed by atoms with E-state index in [1.165, 1.54) is 23.1 Å². The zero-order valence-corrected chi connectivity index (χ0v) is 18.5. The van der Waals surface area contributed by atoms with E-state index in [-0.39, 0.29) is 17.2 Å². The number of fused-ring (bicyclic) bond motifs is 1. The maximum Gasteiger partial charge on any atom is 0.276 e. The number of nitrogens with zero attached hydrogens (tertiary/aromatic N) is 3. The van der Waals surface area contributed by atoms with Gasteiger partial charge in [0, 0.05) is 5.69 Å². The summed E-state index contributed by atoms with van der Waals surface area (Å²) in [7, 11) is 0. The lowest BCUT2D eigenvalue weighted by molar-refractivity contribution is -0.113. The highest BCUT2D eigenvalue weighted by Crippen LogP contribution is 2.26. The first-order valence-electron chi connectivity index (χ1n) is 9.47. The van der Waals surface area contributed by atoms with E-state index < -0.39 is 0 Å². The fourth-order valence-corrected chi connectivity index (χ4v) is 4.74. The molecule has 0 atom stereocenters. The Morgan fingerprint density at radius 3 is 2.84 bits per heavy atom. The van der Waals surface area contributed by atoms with Crippen molar-refractivity contribution in [2.75, 3.05) is 11.1 Å². The van der Waals surface area contributed by atoms with Crippen molar-refractivity contribution in [3.8, 4) is 11.8 Å². The molecule has 8 heteroatoms. The number of carbonyl (C=O) groups excluding carboxylic acids is 1. The van der Waals surface area contributed by atoms with E-state index in [0.717, 1.165) is 16.8 Å². The van der Waals surface area contributed by atoms with Crippen LogP contribution in [-0.2, 0) is 4.79 Å². The Bertz CT molecular complexity index is 1400. The van der Waals surface area contributed by atoms with E-state index >= 15 is 0 Å². The molecule has 0 unspecified atom stereocenters. The van der Waals surface area contributed by atoms with Crippen LogP contribution in [-0.4, -0.2) is 21.2 Å².